The van der Waals surface area contributed by atoms with Gasteiger partial charge in [0.15, 0.2) is 0 Å². The monoisotopic (exact) mass is 312 g/mol. The van der Waals surface area contributed by atoms with Gasteiger partial charge in [0.2, 0.25) is 0 Å². The number of hydrogen-bond donors (Lipinski definition) is 1. The average Bonchev–Trinajstić information content (AvgIpc) is 2.85. The molecule has 3 rings (SSSR count). The van der Waals surface area contributed by atoms with Gasteiger partial charge in [-0.3, -0.25) is 4.79 Å². The van der Waals surface area contributed by atoms with E-state index in [1.807, 2.05) is 30.3 Å². The number of hydrogen-bond acceptors (Lipinski definition) is 3. The Balaban J connectivity index is 1.94. The second-order valence-corrected chi connectivity index (χ2v) is 5.82. The van der Waals surface area contributed by atoms with Crippen molar-refractivity contribution in [3.8, 4) is 6.07 Å². The first-order valence-electron chi connectivity index (χ1n) is 6.17. The van der Waals surface area contributed by atoms with Crippen LogP contribution in [0, 0.1) is 11.3 Å². The summed E-state index contributed by atoms with van der Waals surface area (Å²) in [7, 11) is 0. The van der Waals surface area contributed by atoms with Crippen molar-refractivity contribution in [2.45, 2.75) is 0 Å². The smallest absolute Gasteiger partial charge is 0.267 e. The molecule has 0 aliphatic carbocycles. The number of carbonyl (C=O) groups excluding carboxylic acids is 1. The maximum absolute atomic E-state index is 12.3. The predicted molar refractivity (Wildman–Crippen MR) is 85.9 cm³/mol. The van der Waals surface area contributed by atoms with Crippen molar-refractivity contribution in [2.24, 2.45) is 0 Å². The summed E-state index contributed by atoms with van der Waals surface area (Å²) in [6.45, 7) is 0. The van der Waals surface area contributed by atoms with Crippen LogP contribution in [0.2, 0.25) is 5.02 Å². The van der Waals surface area contributed by atoms with Crippen molar-refractivity contribution in [3.63, 3.8) is 0 Å². The van der Waals surface area contributed by atoms with E-state index >= 15 is 0 Å². The van der Waals surface area contributed by atoms with E-state index < -0.39 is 0 Å². The lowest BCUT2D eigenvalue weighted by Gasteiger charge is -2.04. The van der Waals surface area contributed by atoms with E-state index in [0.29, 0.717) is 21.2 Å². The molecule has 0 unspecified atom stereocenters. The molecule has 0 aliphatic rings. The number of amides is 1. The van der Waals surface area contributed by atoms with E-state index in [1.165, 1.54) is 11.3 Å². The van der Waals surface area contributed by atoms with Gasteiger partial charge in [-0.15, -0.1) is 11.3 Å². The summed E-state index contributed by atoms with van der Waals surface area (Å²) in [5.74, 6) is -0.267. The highest BCUT2D eigenvalue weighted by Crippen LogP contribution is 2.35. The molecule has 21 heavy (non-hydrogen) atoms. The molecule has 102 valence electrons. The van der Waals surface area contributed by atoms with Crippen molar-refractivity contribution in [3.05, 3.63) is 64.0 Å². The zero-order valence-electron chi connectivity index (χ0n) is 10.8. The number of fused-ring (bicyclic) bond motifs is 1. The fraction of sp³-hybridized carbons (Fsp3) is 0. The lowest BCUT2D eigenvalue weighted by Crippen LogP contribution is -2.10. The van der Waals surface area contributed by atoms with Crippen LogP contribution in [0.5, 0.6) is 0 Å². The van der Waals surface area contributed by atoms with Crippen LogP contribution < -0.4 is 5.32 Å². The first-order chi connectivity index (χ1) is 10.2. The topological polar surface area (TPSA) is 52.9 Å². The molecule has 3 aromatic rings. The van der Waals surface area contributed by atoms with Gasteiger partial charge in [-0.1, -0.05) is 35.9 Å². The van der Waals surface area contributed by atoms with Gasteiger partial charge in [0.1, 0.15) is 4.88 Å². The average molecular weight is 313 g/mol. The van der Waals surface area contributed by atoms with Gasteiger partial charge >= 0.3 is 0 Å². The number of thiophene rings is 1. The Labute approximate surface area is 130 Å². The summed E-state index contributed by atoms with van der Waals surface area (Å²) in [4.78, 5) is 12.8. The van der Waals surface area contributed by atoms with E-state index in [4.69, 9.17) is 16.9 Å². The molecule has 0 spiro atoms. The normalized spacial score (nSPS) is 10.3. The third-order valence-corrected chi connectivity index (χ3v) is 4.66. The summed E-state index contributed by atoms with van der Waals surface area (Å²) in [5.41, 5.74) is 1.07. The van der Waals surface area contributed by atoms with Crippen LogP contribution >= 0.6 is 22.9 Å². The zero-order chi connectivity index (χ0) is 14.8. The standard InChI is InChI=1S/C16H9ClN2OS/c17-14-12-6-1-2-7-13(12)21-15(14)16(20)19-11-5-3-4-10(8-11)9-18/h1-8H,(H,19,20). The van der Waals surface area contributed by atoms with Crippen LogP contribution in [0.4, 0.5) is 5.69 Å². The molecule has 0 radical (unpaired) electrons. The highest BCUT2D eigenvalue weighted by molar-refractivity contribution is 7.21. The summed E-state index contributed by atoms with van der Waals surface area (Å²) in [6.07, 6.45) is 0. The minimum Gasteiger partial charge on any atom is -0.321 e. The number of rotatable bonds is 2. The van der Waals surface area contributed by atoms with Gasteiger partial charge in [0.05, 0.1) is 16.7 Å². The number of halogens is 1. The Morgan fingerprint density at radius 3 is 2.76 bits per heavy atom. The van der Waals surface area contributed by atoms with Crippen molar-refractivity contribution < 1.29 is 4.79 Å². The molecule has 0 saturated heterocycles. The Hall–Kier alpha value is -2.35. The molecule has 1 N–H and O–H groups in total. The zero-order valence-corrected chi connectivity index (χ0v) is 12.3. The van der Waals surface area contributed by atoms with Crippen molar-refractivity contribution in [2.75, 3.05) is 5.32 Å². The first kappa shape index (κ1) is 13.6. The molecule has 5 heteroatoms. The van der Waals surface area contributed by atoms with E-state index in [1.54, 1.807) is 24.3 Å². The number of nitrogens with zero attached hydrogens (tertiary/aromatic N) is 1. The molecule has 1 heterocycles. The lowest BCUT2D eigenvalue weighted by atomic mass is 10.2. The van der Waals surface area contributed by atoms with E-state index in [0.717, 1.165) is 10.1 Å². The predicted octanol–water partition coefficient (Wildman–Crippen LogP) is 4.68. The molecular formula is C16H9ClN2OS. The van der Waals surface area contributed by atoms with Crippen molar-refractivity contribution >= 4 is 44.6 Å². The second kappa shape index (κ2) is 5.57. The third kappa shape index (κ3) is 2.62. The maximum Gasteiger partial charge on any atom is 0.267 e. The summed E-state index contributed by atoms with van der Waals surface area (Å²) < 4.78 is 0.971. The highest BCUT2D eigenvalue weighted by atomic mass is 35.5. The van der Waals surface area contributed by atoms with Gasteiger partial charge in [0, 0.05) is 15.8 Å². The second-order valence-electron chi connectivity index (χ2n) is 4.39. The highest BCUT2D eigenvalue weighted by Gasteiger charge is 2.16. The Bertz CT molecular complexity index is 879. The Morgan fingerprint density at radius 1 is 1.19 bits per heavy atom. The van der Waals surface area contributed by atoms with Gasteiger partial charge in [0.25, 0.3) is 5.91 Å². The Kier molecular flexibility index (Phi) is 3.61. The number of nitrogens with one attached hydrogen (secondary N) is 1. The third-order valence-electron chi connectivity index (χ3n) is 2.99. The molecule has 0 saturated carbocycles. The molecule has 0 fully saturated rings. The van der Waals surface area contributed by atoms with Gasteiger partial charge in [-0.05, 0) is 24.3 Å². The minimum absolute atomic E-state index is 0.267. The molecule has 2 aromatic carbocycles. The number of benzene rings is 2. The van der Waals surface area contributed by atoms with Crippen molar-refractivity contribution in [1.29, 1.82) is 5.26 Å². The summed E-state index contributed by atoms with van der Waals surface area (Å²) in [5, 5.41) is 13.0. The fourth-order valence-electron chi connectivity index (χ4n) is 2.01. The fourth-order valence-corrected chi connectivity index (χ4v) is 3.43. The van der Waals surface area contributed by atoms with Gasteiger partial charge < -0.3 is 5.32 Å². The van der Waals surface area contributed by atoms with Crippen LogP contribution in [-0.4, -0.2) is 5.91 Å². The van der Waals surface area contributed by atoms with Crippen LogP contribution in [0.25, 0.3) is 10.1 Å². The quantitative estimate of drug-likeness (QED) is 0.747. The van der Waals surface area contributed by atoms with Gasteiger partial charge in [-0.2, -0.15) is 5.26 Å². The van der Waals surface area contributed by atoms with Crippen LogP contribution in [0.3, 0.4) is 0 Å². The van der Waals surface area contributed by atoms with E-state index in [2.05, 4.69) is 5.32 Å². The van der Waals surface area contributed by atoms with Gasteiger partial charge in [-0.25, -0.2) is 0 Å². The molecule has 0 bridgehead atoms. The minimum atomic E-state index is -0.267. The molecule has 0 atom stereocenters. The maximum atomic E-state index is 12.3. The van der Waals surface area contributed by atoms with Crippen LogP contribution in [0.1, 0.15) is 15.2 Å². The number of carbonyl (C=O) groups is 1. The molecular weight excluding hydrogens is 304 g/mol. The molecule has 1 amide bonds. The van der Waals surface area contributed by atoms with Crippen LogP contribution in [-0.2, 0) is 0 Å². The number of anilines is 1. The largest absolute Gasteiger partial charge is 0.321 e. The Morgan fingerprint density at radius 2 is 2.00 bits per heavy atom. The SMILES string of the molecule is N#Cc1cccc(NC(=O)c2sc3ccccc3c2Cl)c1. The molecule has 1 aromatic heterocycles. The van der Waals surface area contributed by atoms with E-state index in [-0.39, 0.29) is 5.91 Å². The summed E-state index contributed by atoms with van der Waals surface area (Å²) in [6, 6.07) is 16.4. The first-order valence-corrected chi connectivity index (χ1v) is 7.37. The molecule has 0 aliphatic heterocycles. The lowest BCUT2D eigenvalue weighted by molar-refractivity contribution is 0.103. The molecule has 3 nitrogen and oxygen atoms in total. The number of nitriles is 1. The van der Waals surface area contributed by atoms with E-state index in [9.17, 15) is 4.79 Å². The van der Waals surface area contributed by atoms with Crippen molar-refractivity contribution in [1.82, 2.24) is 0 Å². The summed E-state index contributed by atoms with van der Waals surface area (Å²) >= 11 is 7.63. The van der Waals surface area contributed by atoms with Crippen LogP contribution in [0.15, 0.2) is 48.5 Å².